The Hall–Kier alpha value is -3.18. The summed E-state index contributed by atoms with van der Waals surface area (Å²) in [6.07, 6.45) is 7.69. The first kappa shape index (κ1) is 34.0. The third-order valence-corrected chi connectivity index (χ3v) is 7.38. The van der Waals surface area contributed by atoms with Crippen LogP contribution < -0.4 is 5.32 Å². The van der Waals surface area contributed by atoms with Gasteiger partial charge < -0.3 is 29.8 Å². The number of aliphatic hydroxyl groups is 2. The molecule has 0 bridgehead atoms. The van der Waals surface area contributed by atoms with Gasteiger partial charge in [-0.1, -0.05) is 42.5 Å². The molecule has 0 saturated heterocycles. The molecule has 0 heterocycles. The zero-order valence-electron chi connectivity index (χ0n) is 24.0. The number of nitrogens with one attached hydrogen (secondary N) is 1. The highest BCUT2D eigenvalue weighted by Gasteiger charge is 2.40. The van der Waals surface area contributed by atoms with Gasteiger partial charge in [-0.2, -0.15) is 0 Å². The van der Waals surface area contributed by atoms with E-state index >= 15 is 0 Å². The first-order valence-electron chi connectivity index (χ1n) is 14.7. The summed E-state index contributed by atoms with van der Waals surface area (Å²) in [6, 6.07) is 9.87. The van der Waals surface area contributed by atoms with Crippen molar-refractivity contribution < 1.29 is 39.2 Å². The van der Waals surface area contributed by atoms with Crippen LogP contribution in [0.1, 0.15) is 76.7 Å². The van der Waals surface area contributed by atoms with Crippen LogP contribution in [-0.4, -0.2) is 65.4 Å². The minimum Gasteiger partial charge on any atom is -0.434 e. The lowest BCUT2D eigenvalue weighted by Gasteiger charge is -2.25. The lowest BCUT2D eigenvalue weighted by Crippen LogP contribution is -2.26. The van der Waals surface area contributed by atoms with Gasteiger partial charge in [0.05, 0.1) is 25.4 Å². The number of carbonyl (C=O) groups is 2. The van der Waals surface area contributed by atoms with Crippen LogP contribution in [0.25, 0.3) is 0 Å². The van der Waals surface area contributed by atoms with Crippen molar-refractivity contribution in [3.05, 3.63) is 58.2 Å². The predicted octanol–water partition coefficient (Wildman–Crippen LogP) is 4.52. The molecule has 11 nitrogen and oxygen atoms in total. The minimum atomic E-state index is -0.857. The number of hydrogen-bond donors (Lipinski definition) is 3. The lowest BCUT2D eigenvalue weighted by atomic mass is 9.85. The Morgan fingerprint density at radius 3 is 2.54 bits per heavy atom. The summed E-state index contributed by atoms with van der Waals surface area (Å²) in [7, 11) is 0. The van der Waals surface area contributed by atoms with Crippen LogP contribution in [0.5, 0.6) is 0 Å². The monoisotopic (exact) mass is 578 g/mol. The molecule has 0 unspecified atom stereocenters. The van der Waals surface area contributed by atoms with Crippen LogP contribution in [-0.2, 0) is 25.5 Å². The van der Waals surface area contributed by atoms with Crippen LogP contribution in [0.15, 0.2) is 42.5 Å². The van der Waals surface area contributed by atoms with Crippen molar-refractivity contribution in [1.82, 2.24) is 5.32 Å². The average Bonchev–Trinajstić information content (AvgIpc) is 3.21. The summed E-state index contributed by atoms with van der Waals surface area (Å²) >= 11 is 0. The van der Waals surface area contributed by atoms with Crippen molar-refractivity contribution in [3.8, 4) is 0 Å². The molecule has 0 spiro atoms. The fourth-order valence-corrected chi connectivity index (χ4v) is 5.22. The number of carbonyl (C=O) groups excluding carboxylic acids is 2. The Kier molecular flexibility index (Phi) is 16.4. The summed E-state index contributed by atoms with van der Waals surface area (Å²) in [6.45, 7) is 2.52. The van der Waals surface area contributed by atoms with Gasteiger partial charge in [0, 0.05) is 13.0 Å². The molecule has 41 heavy (non-hydrogen) atoms. The summed E-state index contributed by atoms with van der Waals surface area (Å²) in [4.78, 5) is 38.4. The SMILES string of the molecule is CCNC(=O)CCCC=CC[C@@H]1[C@@H](CC[C@H](CCc2ccccc2)OC(=O)OCCCCO[N+](=O)[O-])[C@H](O)C[C@@H]1O. The van der Waals surface area contributed by atoms with Gasteiger partial charge in [0.15, 0.2) is 0 Å². The van der Waals surface area contributed by atoms with Crippen LogP contribution in [0, 0.1) is 22.0 Å². The fourth-order valence-electron chi connectivity index (χ4n) is 5.22. The Morgan fingerprint density at radius 1 is 1.07 bits per heavy atom. The quantitative estimate of drug-likeness (QED) is 0.0665. The van der Waals surface area contributed by atoms with E-state index in [1.54, 1.807) is 0 Å². The van der Waals surface area contributed by atoms with Gasteiger partial charge in [-0.3, -0.25) is 4.79 Å². The largest absolute Gasteiger partial charge is 0.508 e. The maximum atomic E-state index is 12.4. The first-order chi connectivity index (χ1) is 19.8. The Morgan fingerprint density at radius 2 is 1.80 bits per heavy atom. The fraction of sp³-hybridized carbons (Fsp3) is 0.667. The van der Waals surface area contributed by atoms with Crippen molar-refractivity contribution in [2.75, 3.05) is 19.8 Å². The molecular formula is C30H46N2O9. The summed E-state index contributed by atoms with van der Waals surface area (Å²) in [5.74, 6) is -0.191. The van der Waals surface area contributed by atoms with Gasteiger partial charge in [0.25, 0.3) is 5.09 Å². The third kappa shape index (κ3) is 14.3. The van der Waals surface area contributed by atoms with Gasteiger partial charge in [0.2, 0.25) is 5.91 Å². The standard InChI is InChI=1S/C30H46N2O9/c1-2-31-29(35)15-9-4-3-8-14-25-26(28(34)22-27(25)33)19-18-24(17-16-23-12-6-5-7-13-23)41-30(36)39-20-10-11-21-40-32(37)38/h3,5-8,12-13,24-28,33-34H,2,4,9-11,14-22H2,1H3,(H,31,35)/t24-,25+,26+,27-,28+/m0/s1. The van der Waals surface area contributed by atoms with Crippen LogP contribution in [0.3, 0.4) is 0 Å². The van der Waals surface area contributed by atoms with Crippen molar-refractivity contribution in [2.45, 2.75) is 95.9 Å². The molecule has 1 aliphatic carbocycles. The molecule has 230 valence electrons. The number of ether oxygens (including phenoxy) is 2. The second-order valence-electron chi connectivity index (χ2n) is 10.5. The van der Waals surface area contributed by atoms with Gasteiger partial charge in [-0.05, 0) is 88.5 Å². The van der Waals surface area contributed by atoms with Gasteiger partial charge >= 0.3 is 6.16 Å². The second-order valence-corrected chi connectivity index (χ2v) is 10.5. The number of allylic oxidation sites excluding steroid dienone is 2. The van der Waals surface area contributed by atoms with Crippen LogP contribution in [0.2, 0.25) is 0 Å². The topological polar surface area (TPSA) is 157 Å². The molecule has 11 heteroatoms. The average molecular weight is 579 g/mol. The maximum absolute atomic E-state index is 12.4. The number of nitrogens with zero attached hydrogens (tertiary/aromatic N) is 1. The van der Waals surface area contributed by atoms with Gasteiger partial charge in [-0.15, -0.1) is 10.1 Å². The molecule has 1 saturated carbocycles. The number of aliphatic hydroxyl groups excluding tert-OH is 2. The number of unbranched alkanes of at least 4 members (excludes halogenated alkanes) is 2. The van der Waals surface area contributed by atoms with Gasteiger partial charge in [-0.25, -0.2) is 4.79 Å². The number of benzene rings is 1. The molecule has 1 aromatic carbocycles. The summed E-state index contributed by atoms with van der Waals surface area (Å²) < 4.78 is 10.8. The molecule has 0 radical (unpaired) electrons. The molecule has 0 aromatic heterocycles. The van der Waals surface area contributed by atoms with Crippen LogP contribution >= 0.6 is 0 Å². The summed E-state index contributed by atoms with van der Waals surface area (Å²) in [5.41, 5.74) is 1.12. The van der Waals surface area contributed by atoms with E-state index in [9.17, 15) is 29.9 Å². The molecular weight excluding hydrogens is 532 g/mol. The zero-order valence-corrected chi connectivity index (χ0v) is 24.0. The van der Waals surface area contributed by atoms with Crippen molar-refractivity contribution in [2.24, 2.45) is 11.8 Å². The molecule has 1 fully saturated rings. The number of aryl methyl sites for hydroxylation is 1. The smallest absolute Gasteiger partial charge is 0.434 e. The highest BCUT2D eigenvalue weighted by atomic mass is 16.9. The Labute approximate surface area is 242 Å². The second kappa shape index (κ2) is 19.8. The van der Waals surface area contributed by atoms with E-state index in [1.807, 2.05) is 49.4 Å². The van der Waals surface area contributed by atoms with E-state index in [0.717, 1.165) is 18.4 Å². The third-order valence-electron chi connectivity index (χ3n) is 7.38. The zero-order chi connectivity index (χ0) is 29.9. The maximum Gasteiger partial charge on any atom is 0.508 e. The number of amides is 1. The molecule has 3 N–H and O–H groups in total. The molecule has 1 aliphatic rings. The molecule has 0 aliphatic heterocycles. The predicted molar refractivity (Wildman–Crippen MR) is 152 cm³/mol. The van der Waals surface area contributed by atoms with Crippen molar-refractivity contribution >= 4 is 12.1 Å². The molecule has 2 rings (SSSR count). The lowest BCUT2D eigenvalue weighted by molar-refractivity contribution is -0.757. The van der Waals surface area contributed by atoms with E-state index in [-0.39, 0.29) is 31.0 Å². The van der Waals surface area contributed by atoms with Crippen molar-refractivity contribution in [1.29, 1.82) is 0 Å². The van der Waals surface area contributed by atoms with E-state index in [0.29, 0.717) is 64.3 Å². The molecule has 1 amide bonds. The van der Waals surface area contributed by atoms with E-state index in [1.165, 1.54) is 0 Å². The molecule has 1 aromatic rings. The van der Waals surface area contributed by atoms with Crippen molar-refractivity contribution in [3.63, 3.8) is 0 Å². The van der Waals surface area contributed by atoms with Gasteiger partial charge in [0.1, 0.15) is 6.10 Å². The normalized spacial score (nSPS) is 21.0. The van der Waals surface area contributed by atoms with Crippen LogP contribution in [0.4, 0.5) is 4.79 Å². The molecule has 5 atom stereocenters. The minimum absolute atomic E-state index is 0.0468. The number of hydrogen-bond acceptors (Lipinski definition) is 9. The Bertz CT molecular complexity index is 928. The Balaban J connectivity index is 1.87. The van der Waals surface area contributed by atoms with E-state index < -0.39 is 29.6 Å². The highest BCUT2D eigenvalue weighted by molar-refractivity contribution is 5.75. The number of rotatable bonds is 20. The van der Waals surface area contributed by atoms with E-state index in [2.05, 4.69) is 10.2 Å². The first-order valence-corrected chi connectivity index (χ1v) is 14.7. The highest BCUT2D eigenvalue weighted by Crippen LogP contribution is 2.38. The van der Waals surface area contributed by atoms with E-state index in [4.69, 9.17) is 9.47 Å². The summed E-state index contributed by atoms with van der Waals surface area (Å²) in [5, 5.41) is 33.4.